The molecule has 0 saturated heterocycles. The molecule has 96 valence electrons. The predicted octanol–water partition coefficient (Wildman–Crippen LogP) is 3.42. The maximum absolute atomic E-state index is 6.07. The van der Waals surface area contributed by atoms with Gasteiger partial charge in [-0.15, -0.1) is 0 Å². The Morgan fingerprint density at radius 1 is 1.18 bits per heavy atom. The standard InChI is InChI=1S/C13H20Cl2N2/c1-17(2)8-4-3-7-16-10-11-9-12(14)5-6-13(11)15/h5-6,9,16H,3-4,7-8,10H2,1-2H3. The van der Waals surface area contributed by atoms with E-state index < -0.39 is 0 Å². The molecule has 2 nitrogen and oxygen atoms in total. The van der Waals surface area contributed by atoms with E-state index in [1.165, 1.54) is 12.8 Å². The lowest BCUT2D eigenvalue weighted by molar-refractivity contribution is 0.391. The fourth-order valence-electron chi connectivity index (χ4n) is 1.58. The maximum atomic E-state index is 6.07. The van der Waals surface area contributed by atoms with Gasteiger partial charge in [-0.3, -0.25) is 0 Å². The van der Waals surface area contributed by atoms with Crippen molar-refractivity contribution in [2.75, 3.05) is 27.2 Å². The Labute approximate surface area is 114 Å². The Hall–Kier alpha value is -0.280. The van der Waals surface area contributed by atoms with Crippen LogP contribution in [-0.4, -0.2) is 32.1 Å². The Kier molecular flexibility index (Phi) is 6.90. The van der Waals surface area contributed by atoms with Gasteiger partial charge in [0.25, 0.3) is 0 Å². The first-order chi connectivity index (χ1) is 8.09. The molecule has 1 N–H and O–H groups in total. The molecule has 0 amide bonds. The predicted molar refractivity (Wildman–Crippen MR) is 76.0 cm³/mol. The molecule has 0 aliphatic heterocycles. The second-order valence-corrected chi connectivity index (χ2v) is 5.27. The average molecular weight is 275 g/mol. The minimum atomic E-state index is 0.735. The Morgan fingerprint density at radius 3 is 2.65 bits per heavy atom. The molecule has 0 atom stereocenters. The molecule has 0 saturated carbocycles. The highest BCUT2D eigenvalue weighted by atomic mass is 35.5. The van der Waals surface area contributed by atoms with E-state index in [0.717, 1.165) is 35.2 Å². The maximum Gasteiger partial charge on any atom is 0.0451 e. The van der Waals surface area contributed by atoms with Gasteiger partial charge in [-0.25, -0.2) is 0 Å². The summed E-state index contributed by atoms with van der Waals surface area (Å²) in [6.07, 6.45) is 2.39. The van der Waals surface area contributed by atoms with Crippen molar-refractivity contribution in [2.45, 2.75) is 19.4 Å². The number of nitrogens with zero attached hydrogens (tertiary/aromatic N) is 1. The van der Waals surface area contributed by atoms with Crippen molar-refractivity contribution in [2.24, 2.45) is 0 Å². The minimum absolute atomic E-state index is 0.735. The summed E-state index contributed by atoms with van der Waals surface area (Å²) in [5.41, 5.74) is 1.06. The van der Waals surface area contributed by atoms with E-state index in [1.54, 1.807) is 0 Å². The van der Waals surface area contributed by atoms with E-state index in [9.17, 15) is 0 Å². The lowest BCUT2D eigenvalue weighted by Crippen LogP contribution is -2.18. The third-order valence-corrected chi connectivity index (χ3v) is 3.14. The Morgan fingerprint density at radius 2 is 1.94 bits per heavy atom. The fraction of sp³-hybridized carbons (Fsp3) is 0.538. The van der Waals surface area contributed by atoms with Crippen molar-refractivity contribution in [3.05, 3.63) is 33.8 Å². The van der Waals surface area contributed by atoms with Crippen LogP contribution in [0.2, 0.25) is 10.0 Å². The number of hydrogen-bond acceptors (Lipinski definition) is 2. The van der Waals surface area contributed by atoms with Gasteiger partial charge in [0, 0.05) is 16.6 Å². The van der Waals surface area contributed by atoms with Crippen molar-refractivity contribution in [3.63, 3.8) is 0 Å². The molecule has 1 aromatic rings. The van der Waals surface area contributed by atoms with Gasteiger partial charge in [0.15, 0.2) is 0 Å². The number of nitrogens with one attached hydrogen (secondary N) is 1. The smallest absolute Gasteiger partial charge is 0.0451 e. The van der Waals surface area contributed by atoms with Crippen LogP contribution in [0.5, 0.6) is 0 Å². The van der Waals surface area contributed by atoms with Crippen molar-refractivity contribution in [1.29, 1.82) is 0 Å². The van der Waals surface area contributed by atoms with Crippen molar-refractivity contribution in [1.82, 2.24) is 10.2 Å². The Balaban J connectivity index is 2.20. The molecule has 0 aromatic heterocycles. The molecule has 0 fully saturated rings. The first kappa shape index (κ1) is 14.8. The lowest BCUT2D eigenvalue weighted by atomic mass is 10.2. The molecule has 0 bridgehead atoms. The summed E-state index contributed by atoms with van der Waals surface area (Å²) in [5.74, 6) is 0. The number of benzene rings is 1. The van der Waals surface area contributed by atoms with Crippen LogP contribution in [0.4, 0.5) is 0 Å². The van der Waals surface area contributed by atoms with Crippen LogP contribution in [0.25, 0.3) is 0 Å². The van der Waals surface area contributed by atoms with E-state index in [0.29, 0.717) is 0 Å². The number of unbranched alkanes of at least 4 members (excludes halogenated alkanes) is 1. The van der Waals surface area contributed by atoms with E-state index >= 15 is 0 Å². The summed E-state index contributed by atoms with van der Waals surface area (Å²) >= 11 is 12.0. The zero-order valence-corrected chi connectivity index (χ0v) is 12.0. The molecule has 0 aliphatic carbocycles. The van der Waals surface area contributed by atoms with Crippen molar-refractivity contribution in [3.8, 4) is 0 Å². The van der Waals surface area contributed by atoms with Gasteiger partial charge in [0.05, 0.1) is 0 Å². The van der Waals surface area contributed by atoms with E-state index in [4.69, 9.17) is 23.2 Å². The third-order valence-electron chi connectivity index (χ3n) is 2.53. The van der Waals surface area contributed by atoms with Crippen LogP contribution in [-0.2, 0) is 6.54 Å². The summed E-state index contributed by atoms with van der Waals surface area (Å²) in [7, 11) is 4.19. The van der Waals surface area contributed by atoms with Crippen LogP contribution >= 0.6 is 23.2 Å². The van der Waals surface area contributed by atoms with Crippen molar-refractivity contribution >= 4 is 23.2 Å². The van der Waals surface area contributed by atoms with Crippen LogP contribution in [0.1, 0.15) is 18.4 Å². The molecular formula is C13H20Cl2N2. The van der Waals surface area contributed by atoms with Gasteiger partial charge < -0.3 is 10.2 Å². The van der Waals surface area contributed by atoms with Gasteiger partial charge in [-0.2, -0.15) is 0 Å². The highest BCUT2D eigenvalue weighted by Gasteiger charge is 2.00. The van der Waals surface area contributed by atoms with E-state index in [2.05, 4.69) is 24.3 Å². The molecule has 0 aliphatic rings. The second kappa shape index (κ2) is 7.93. The molecular weight excluding hydrogens is 255 g/mol. The number of rotatable bonds is 7. The lowest BCUT2D eigenvalue weighted by Gasteiger charge is -2.10. The molecule has 17 heavy (non-hydrogen) atoms. The number of halogens is 2. The van der Waals surface area contributed by atoms with Gasteiger partial charge in [0.2, 0.25) is 0 Å². The van der Waals surface area contributed by atoms with Gasteiger partial charge in [-0.05, 0) is 63.8 Å². The average Bonchev–Trinajstić information content (AvgIpc) is 2.27. The van der Waals surface area contributed by atoms with Crippen LogP contribution < -0.4 is 5.32 Å². The molecule has 4 heteroatoms. The molecule has 0 heterocycles. The minimum Gasteiger partial charge on any atom is -0.313 e. The summed E-state index contributed by atoms with van der Waals surface area (Å²) < 4.78 is 0. The molecule has 0 spiro atoms. The van der Waals surface area contributed by atoms with Crippen LogP contribution in [0.15, 0.2) is 18.2 Å². The zero-order valence-electron chi connectivity index (χ0n) is 10.5. The topological polar surface area (TPSA) is 15.3 Å². The highest BCUT2D eigenvalue weighted by molar-refractivity contribution is 6.33. The van der Waals surface area contributed by atoms with Gasteiger partial charge in [-0.1, -0.05) is 23.2 Å². The fourth-order valence-corrected chi connectivity index (χ4v) is 1.96. The summed E-state index contributed by atoms with van der Waals surface area (Å²) in [4.78, 5) is 2.20. The Bertz CT molecular complexity index is 340. The largest absolute Gasteiger partial charge is 0.313 e. The molecule has 1 aromatic carbocycles. The second-order valence-electron chi connectivity index (χ2n) is 4.42. The SMILES string of the molecule is CN(C)CCCCNCc1cc(Cl)ccc1Cl. The summed E-state index contributed by atoms with van der Waals surface area (Å²) in [6, 6.07) is 5.56. The van der Waals surface area contributed by atoms with Gasteiger partial charge in [0.1, 0.15) is 0 Å². The quantitative estimate of drug-likeness (QED) is 0.767. The van der Waals surface area contributed by atoms with E-state index in [1.807, 2.05) is 18.2 Å². The third kappa shape index (κ3) is 6.27. The van der Waals surface area contributed by atoms with Crippen LogP contribution in [0.3, 0.4) is 0 Å². The van der Waals surface area contributed by atoms with Crippen molar-refractivity contribution < 1.29 is 0 Å². The monoisotopic (exact) mass is 274 g/mol. The number of hydrogen-bond donors (Lipinski definition) is 1. The van der Waals surface area contributed by atoms with Crippen LogP contribution in [0, 0.1) is 0 Å². The van der Waals surface area contributed by atoms with E-state index in [-0.39, 0.29) is 0 Å². The summed E-state index contributed by atoms with van der Waals surface area (Å²) in [5, 5.41) is 4.89. The normalized spacial score (nSPS) is 11.1. The molecule has 0 unspecified atom stereocenters. The highest BCUT2D eigenvalue weighted by Crippen LogP contribution is 2.20. The first-order valence-corrected chi connectivity index (χ1v) is 6.64. The first-order valence-electron chi connectivity index (χ1n) is 5.89. The summed E-state index contributed by atoms with van der Waals surface area (Å²) in [6.45, 7) is 2.93. The zero-order chi connectivity index (χ0) is 12.7. The molecule has 0 radical (unpaired) electrons. The molecule has 1 rings (SSSR count). The van der Waals surface area contributed by atoms with Gasteiger partial charge >= 0.3 is 0 Å².